The number of benzene rings is 1. The maximum absolute atomic E-state index is 11.9. The highest BCUT2D eigenvalue weighted by Gasteiger charge is 2.36. The molecular formula is C20H29BN2O5. The molecule has 1 aliphatic carbocycles. The maximum atomic E-state index is 11.9. The first-order valence-electron chi connectivity index (χ1n) is 10.3. The monoisotopic (exact) mass is 388 g/mol. The average molecular weight is 388 g/mol. The molecule has 1 aromatic carbocycles. The Balaban J connectivity index is 1.60. The van der Waals surface area contributed by atoms with Crippen LogP contribution in [0.1, 0.15) is 39.5 Å². The Hall–Kier alpha value is -1.64. The van der Waals surface area contributed by atoms with E-state index in [-0.39, 0.29) is 16.0 Å². The average Bonchev–Trinajstić information content (AvgIpc) is 3.51. The third-order valence-corrected chi connectivity index (χ3v) is 5.81. The zero-order valence-electron chi connectivity index (χ0n) is 16.8. The summed E-state index contributed by atoms with van der Waals surface area (Å²) in [4.78, 5) is 13.9. The molecule has 8 heteroatoms. The van der Waals surface area contributed by atoms with Gasteiger partial charge in [0.15, 0.2) is 0 Å². The molecule has 152 valence electrons. The predicted octanol–water partition coefficient (Wildman–Crippen LogP) is 2.76. The van der Waals surface area contributed by atoms with Crippen LogP contribution >= 0.6 is 0 Å². The van der Waals surface area contributed by atoms with E-state index in [2.05, 4.69) is 18.7 Å². The van der Waals surface area contributed by atoms with Gasteiger partial charge in [-0.3, -0.25) is 10.1 Å². The number of hydrogen-bond acceptors (Lipinski definition) is 6. The Bertz CT molecular complexity index is 709. The molecule has 1 saturated carbocycles. The second kappa shape index (κ2) is 8.01. The summed E-state index contributed by atoms with van der Waals surface area (Å²) in [5, 5.41) is 11.9. The smallest absolute Gasteiger partial charge is 0.407 e. The molecule has 0 amide bonds. The highest BCUT2D eigenvalue weighted by atomic mass is 16.6. The van der Waals surface area contributed by atoms with Crippen molar-refractivity contribution in [1.29, 1.82) is 0 Å². The van der Waals surface area contributed by atoms with Crippen LogP contribution in [0.5, 0.6) is 0 Å². The third-order valence-electron chi connectivity index (χ3n) is 5.81. The normalized spacial score (nSPS) is 22.9. The molecule has 1 aromatic rings. The lowest BCUT2D eigenvalue weighted by molar-refractivity contribution is -0.384. The molecule has 2 aliphatic heterocycles. The topological polar surface area (TPSA) is 74.1 Å². The van der Waals surface area contributed by atoms with Gasteiger partial charge in [0.05, 0.1) is 4.92 Å². The summed E-state index contributed by atoms with van der Waals surface area (Å²) < 4.78 is 17.2. The molecule has 2 heterocycles. The van der Waals surface area contributed by atoms with Crippen molar-refractivity contribution in [2.45, 2.75) is 45.6 Å². The zero-order chi connectivity index (χ0) is 19.7. The minimum atomic E-state index is -0.541. The van der Waals surface area contributed by atoms with Crippen molar-refractivity contribution in [1.82, 2.24) is 0 Å². The molecule has 0 spiro atoms. The SMILES string of the molecule is CC1(C)COB(c2ccc(N(CC3CC3)C3CCOCC3)c([N+](=O)[O-])c2)OC1. The molecule has 3 aliphatic rings. The van der Waals surface area contributed by atoms with Crippen LogP contribution in [-0.4, -0.2) is 51.1 Å². The lowest BCUT2D eigenvalue weighted by atomic mass is 9.75. The van der Waals surface area contributed by atoms with Gasteiger partial charge in [-0.05, 0) is 43.1 Å². The van der Waals surface area contributed by atoms with E-state index in [9.17, 15) is 10.1 Å². The molecule has 0 bridgehead atoms. The summed E-state index contributed by atoms with van der Waals surface area (Å²) >= 11 is 0. The summed E-state index contributed by atoms with van der Waals surface area (Å²) in [6, 6.07) is 5.74. The van der Waals surface area contributed by atoms with Crippen LogP contribution in [0.4, 0.5) is 11.4 Å². The number of hydrogen-bond donors (Lipinski definition) is 0. The Morgan fingerprint density at radius 3 is 2.46 bits per heavy atom. The Labute approximate surface area is 166 Å². The standard InChI is InChI=1S/C20H29BN2O5/c1-20(2)13-27-21(28-14-20)16-5-6-18(19(11-16)23(24)25)22(12-15-3-4-15)17-7-9-26-10-8-17/h5-6,11,15,17H,3-4,7-10,12-14H2,1-2H3. The maximum Gasteiger partial charge on any atom is 0.494 e. The molecule has 2 saturated heterocycles. The molecule has 0 atom stereocenters. The van der Waals surface area contributed by atoms with E-state index in [0.29, 0.717) is 36.3 Å². The van der Waals surface area contributed by atoms with Gasteiger partial charge < -0.3 is 18.9 Å². The van der Waals surface area contributed by atoms with Crippen molar-refractivity contribution in [2.75, 3.05) is 37.9 Å². The second-order valence-corrected chi connectivity index (χ2v) is 9.06. The third kappa shape index (κ3) is 4.50. The summed E-state index contributed by atoms with van der Waals surface area (Å²) in [5.74, 6) is 0.648. The second-order valence-electron chi connectivity index (χ2n) is 9.06. The number of nitrogens with zero attached hydrogens (tertiary/aromatic N) is 2. The van der Waals surface area contributed by atoms with Crippen LogP contribution in [0.3, 0.4) is 0 Å². The van der Waals surface area contributed by atoms with Crippen LogP contribution in [0.25, 0.3) is 0 Å². The van der Waals surface area contributed by atoms with Crippen LogP contribution in [-0.2, 0) is 14.0 Å². The van der Waals surface area contributed by atoms with E-state index in [1.165, 1.54) is 12.8 Å². The number of rotatable bonds is 6. The molecule has 0 unspecified atom stereocenters. The van der Waals surface area contributed by atoms with Gasteiger partial charge in [-0.2, -0.15) is 0 Å². The quantitative estimate of drug-likeness (QED) is 0.424. The lowest BCUT2D eigenvalue weighted by Gasteiger charge is -2.36. The van der Waals surface area contributed by atoms with Gasteiger partial charge in [0.25, 0.3) is 5.69 Å². The highest BCUT2D eigenvalue weighted by Crippen LogP contribution is 2.37. The summed E-state index contributed by atoms with van der Waals surface area (Å²) in [5.41, 5.74) is 1.53. The van der Waals surface area contributed by atoms with Gasteiger partial charge in [-0.1, -0.05) is 19.9 Å². The molecule has 0 aromatic heterocycles. The van der Waals surface area contributed by atoms with E-state index in [0.717, 1.165) is 32.6 Å². The van der Waals surface area contributed by atoms with Gasteiger partial charge in [0, 0.05) is 50.5 Å². The Morgan fingerprint density at radius 1 is 1.18 bits per heavy atom. The summed E-state index contributed by atoms with van der Waals surface area (Å²) in [6.07, 6.45) is 4.25. The summed E-state index contributed by atoms with van der Waals surface area (Å²) in [7, 11) is -0.541. The molecule has 0 N–H and O–H groups in total. The summed E-state index contributed by atoms with van der Waals surface area (Å²) in [6.45, 7) is 7.63. The zero-order valence-corrected chi connectivity index (χ0v) is 16.8. The van der Waals surface area contributed by atoms with Gasteiger partial charge in [0.1, 0.15) is 5.69 Å². The number of nitro groups is 1. The Morgan fingerprint density at radius 2 is 1.86 bits per heavy atom. The van der Waals surface area contributed by atoms with Crippen molar-refractivity contribution in [2.24, 2.45) is 11.3 Å². The molecule has 7 nitrogen and oxygen atoms in total. The van der Waals surface area contributed by atoms with Gasteiger partial charge in [-0.25, -0.2) is 0 Å². The fourth-order valence-corrected chi connectivity index (χ4v) is 3.98. The Kier molecular flexibility index (Phi) is 5.63. The molecule has 4 rings (SSSR count). The van der Waals surface area contributed by atoms with Crippen LogP contribution < -0.4 is 10.4 Å². The fourth-order valence-electron chi connectivity index (χ4n) is 3.98. The number of anilines is 1. The fraction of sp³-hybridized carbons (Fsp3) is 0.700. The number of nitro benzene ring substituents is 1. The molecular weight excluding hydrogens is 359 g/mol. The molecule has 3 fully saturated rings. The van der Waals surface area contributed by atoms with Gasteiger partial charge >= 0.3 is 7.12 Å². The predicted molar refractivity (Wildman–Crippen MR) is 108 cm³/mol. The number of ether oxygens (including phenoxy) is 1. The van der Waals surface area contributed by atoms with E-state index in [4.69, 9.17) is 14.0 Å². The lowest BCUT2D eigenvalue weighted by Crippen LogP contribution is -2.47. The van der Waals surface area contributed by atoms with Crippen molar-refractivity contribution < 1.29 is 19.0 Å². The van der Waals surface area contributed by atoms with Crippen molar-refractivity contribution in [3.05, 3.63) is 28.3 Å². The van der Waals surface area contributed by atoms with E-state index < -0.39 is 7.12 Å². The molecule has 28 heavy (non-hydrogen) atoms. The van der Waals surface area contributed by atoms with Gasteiger partial charge in [0.2, 0.25) is 0 Å². The van der Waals surface area contributed by atoms with Crippen LogP contribution in [0.2, 0.25) is 0 Å². The highest BCUT2D eigenvalue weighted by molar-refractivity contribution is 6.61. The minimum Gasteiger partial charge on any atom is -0.407 e. The first kappa shape index (κ1) is 19.7. The van der Waals surface area contributed by atoms with E-state index in [1.807, 2.05) is 12.1 Å². The van der Waals surface area contributed by atoms with Crippen molar-refractivity contribution >= 4 is 24.0 Å². The van der Waals surface area contributed by atoms with Crippen molar-refractivity contribution in [3.8, 4) is 0 Å². The first-order valence-corrected chi connectivity index (χ1v) is 10.3. The molecule has 0 radical (unpaired) electrons. The van der Waals surface area contributed by atoms with Crippen LogP contribution in [0, 0.1) is 21.4 Å². The van der Waals surface area contributed by atoms with Crippen molar-refractivity contribution in [3.63, 3.8) is 0 Å². The van der Waals surface area contributed by atoms with E-state index in [1.54, 1.807) is 6.07 Å². The largest absolute Gasteiger partial charge is 0.494 e. The van der Waals surface area contributed by atoms with E-state index >= 15 is 0 Å². The van der Waals surface area contributed by atoms with Crippen LogP contribution in [0.15, 0.2) is 18.2 Å². The van der Waals surface area contributed by atoms with Gasteiger partial charge in [-0.15, -0.1) is 0 Å². The minimum absolute atomic E-state index is 0.0352. The first-order chi connectivity index (χ1) is 13.4.